The number of rotatable bonds is 6. The summed E-state index contributed by atoms with van der Waals surface area (Å²) in [7, 11) is 0. The van der Waals surface area contributed by atoms with Crippen LogP contribution in [0.5, 0.6) is 0 Å². The predicted octanol–water partition coefficient (Wildman–Crippen LogP) is 4.64. The lowest BCUT2D eigenvalue weighted by Gasteiger charge is -2.27. The van der Waals surface area contributed by atoms with E-state index in [2.05, 4.69) is 42.8 Å². The molecule has 0 amide bonds. The molecule has 0 saturated heterocycles. The van der Waals surface area contributed by atoms with Gasteiger partial charge in [0.05, 0.1) is 0 Å². The highest BCUT2D eigenvalue weighted by Crippen LogP contribution is 2.38. The van der Waals surface area contributed by atoms with Gasteiger partial charge in [0.15, 0.2) is 0 Å². The molecule has 0 aromatic heterocycles. The smallest absolute Gasteiger partial charge is 0.0359 e. The monoisotopic (exact) mass is 263 g/mol. The first-order valence-corrected chi connectivity index (χ1v) is 8.45. The summed E-state index contributed by atoms with van der Waals surface area (Å²) in [5.41, 5.74) is 1.52. The second-order valence-electron chi connectivity index (χ2n) is 5.22. The van der Waals surface area contributed by atoms with Gasteiger partial charge in [-0.3, -0.25) is 0 Å². The van der Waals surface area contributed by atoms with Gasteiger partial charge in [-0.15, -0.1) is 11.8 Å². The fourth-order valence-electron chi connectivity index (χ4n) is 3.04. The Labute approximate surface area is 116 Å². The summed E-state index contributed by atoms with van der Waals surface area (Å²) in [6.45, 7) is 3.38. The van der Waals surface area contributed by atoms with Crippen molar-refractivity contribution in [2.45, 2.75) is 50.0 Å². The molecule has 18 heavy (non-hydrogen) atoms. The van der Waals surface area contributed by atoms with E-state index in [1.807, 2.05) is 11.8 Å². The normalized spacial score (nSPS) is 18.1. The second-order valence-corrected chi connectivity index (χ2v) is 6.07. The summed E-state index contributed by atoms with van der Waals surface area (Å²) in [5, 5.41) is 3.79. The molecule has 1 aliphatic carbocycles. The fraction of sp³-hybridized carbons (Fsp3) is 0.625. The second kappa shape index (κ2) is 7.20. The summed E-state index contributed by atoms with van der Waals surface area (Å²) in [6.07, 6.45) is 9.01. The van der Waals surface area contributed by atoms with E-state index in [-0.39, 0.29) is 0 Å². The van der Waals surface area contributed by atoms with Crippen molar-refractivity contribution in [2.24, 2.45) is 5.92 Å². The highest BCUT2D eigenvalue weighted by Gasteiger charge is 2.27. The molecular formula is C16H25NS. The van der Waals surface area contributed by atoms with Gasteiger partial charge in [0.25, 0.3) is 0 Å². The van der Waals surface area contributed by atoms with E-state index in [9.17, 15) is 0 Å². The number of hydrogen-bond donors (Lipinski definition) is 1. The Hall–Kier alpha value is -0.470. The summed E-state index contributed by atoms with van der Waals surface area (Å²) in [5.74, 6) is 0.838. The molecule has 2 heteroatoms. The largest absolute Gasteiger partial charge is 0.310 e. The maximum absolute atomic E-state index is 3.79. The molecule has 1 unspecified atom stereocenters. The predicted molar refractivity (Wildman–Crippen MR) is 81.2 cm³/mol. The number of hydrogen-bond acceptors (Lipinski definition) is 2. The average molecular weight is 263 g/mol. The van der Waals surface area contributed by atoms with Crippen molar-refractivity contribution in [3.63, 3.8) is 0 Å². The SMILES string of the molecule is CCCNC(c1ccccc1SC)C1CCCC1. The molecule has 1 nitrogen and oxygen atoms in total. The van der Waals surface area contributed by atoms with Crippen LogP contribution in [0.4, 0.5) is 0 Å². The average Bonchev–Trinajstić information content (AvgIpc) is 2.94. The zero-order valence-corrected chi connectivity index (χ0v) is 12.4. The molecule has 0 spiro atoms. The molecule has 1 aromatic carbocycles. The van der Waals surface area contributed by atoms with Crippen molar-refractivity contribution in [1.82, 2.24) is 5.32 Å². The van der Waals surface area contributed by atoms with E-state index in [0.717, 1.165) is 12.5 Å². The molecule has 1 aromatic rings. The van der Waals surface area contributed by atoms with Crippen LogP contribution >= 0.6 is 11.8 Å². The van der Waals surface area contributed by atoms with E-state index in [4.69, 9.17) is 0 Å². The van der Waals surface area contributed by atoms with Crippen molar-refractivity contribution in [3.8, 4) is 0 Å². The topological polar surface area (TPSA) is 12.0 Å². The number of nitrogens with one attached hydrogen (secondary N) is 1. The zero-order valence-electron chi connectivity index (χ0n) is 11.6. The molecule has 0 radical (unpaired) electrons. The fourth-order valence-corrected chi connectivity index (χ4v) is 3.69. The molecule has 0 aliphatic heterocycles. The molecule has 0 heterocycles. The van der Waals surface area contributed by atoms with Gasteiger partial charge in [-0.2, -0.15) is 0 Å². The number of thioether (sulfide) groups is 1. The number of benzene rings is 1. The van der Waals surface area contributed by atoms with Crippen molar-refractivity contribution < 1.29 is 0 Å². The highest BCUT2D eigenvalue weighted by atomic mass is 32.2. The van der Waals surface area contributed by atoms with Crippen molar-refractivity contribution >= 4 is 11.8 Å². The summed E-state index contributed by atoms with van der Waals surface area (Å²) in [4.78, 5) is 1.44. The van der Waals surface area contributed by atoms with E-state index < -0.39 is 0 Å². The molecule has 1 atom stereocenters. The molecule has 100 valence electrons. The zero-order chi connectivity index (χ0) is 12.8. The van der Waals surface area contributed by atoms with Crippen molar-refractivity contribution in [3.05, 3.63) is 29.8 Å². The standard InChI is InChI=1S/C16H25NS/c1-3-12-17-16(13-8-4-5-9-13)14-10-6-7-11-15(14)18-2/h6-7,10-11,13,16-17H,3-5,8-9,12H2,1-2H3. The lowest BCUT2D eigenvalue weighted by Crippen LogP contribution is -2.28. The van der Waals surface area contributed by atoms with E-state index >= 15 is 0 Å². The van der Waals surface area contributed by atoms with E-state index in [1.54, 1.807) is 0 Å². The lowest BCUT2D eigenvalue weighted by molar-refractivity contribution is 0.364. The third-order valence-electron chi connectivity index (χ3n) is 3.96. The third kappa shape index (κ3) is 3.30. The summed E-state index contributed by atoms with van der Waals surface area (Å²) in [6, 6.07) is 9.48. The Kier molecular flexibility index (Phi) is 5.58. The maximum atomic E-state index is 3.79. The maximum Gasteiger partial charge on any atom is 0.0359 e. The molecular weight excluding hydrogens is 238 g/mol. The Morgan fingerprint density at radius 1 is 1.28 bits per heavy atom. The van der Waals surface area contributed by atoms with Gasteiger partial charge in [0, 0.05) is 10.9 Å². The van der Waals surface area contributed by atoms with Crippen LogP contribution in [0, 0.1) is 5.92 Å². The first kappa shape index (κ1) is 14.0. The quantitative estimate of drug-likeness (QED) is 0.750. The molecule has 1 aliphatic rings. The Bertz CT molecular complexity index is 358. The van der Waals surface area contributed by atoms with Crippen LogP contribution in [0.1, 0.15) is 50.6 Å². The lowest BCUT2D eigenvalue weighted by atomic mass is 9.91. The van der Waals surface area contributed by atoms with Gasteiger partial charge in [0.1, 0.15) is 0 Å². The van der Waals surface area contributed by atoms with E-state index in [0.29, 0.717) is 6.04 Å². The van der Waals surface area contributed by atoms with Crippen LogP contribution in [-0.2, 0) is 0 Å². The van der Waals surface area contributed by atoms with Gasteiger partial charge in [-0.25, -0.2) is 0 Å². The van der Waals surface area contributed by atoms with Crippen LogP contribution in [0.25, 0.3) is 0 Å². The molecule has 1 saturated carbocycles. The minimum Gasteiger partial charge on any atom is -0.310 e. The Balaban J connectivity index is 2.20. The first-order chi connectivity index (χ1) is 8.86. The van der Waals surface area contributed by atoms with Crippen LogP contribution in [0.15, 0.2) is 29.2 Å². The van der Waals surface area contributed by atoms with Gasteiger partial charge in [-0.05, 0) is 49.6 Å². The molecule has 1 N–H and O–H groups in total. The Morgan fingerprint density at radius 3 is 2.67 bits per heavy atom. The van der Waals surface area contributed by atoms with Crippen LogP contribution in [-0.4, -0.2) is 12.8 Å². The highest BCUT2D eigenvalue weighted by molar-refractivity contribution is 7.98. The minimum absolute atomic E-state index is 0.566. The van der Waals surface area contributed by atoms with Crippen molar-refractivity contribution in [2.75, 3.05) is 12.8 Å². The minimum atomic E-state index is 0.566. The molecule has 2 rings (SSSR count). The van der Waals surface area contributed by atoms with Crippen LogP contribution in [0.3, 0.4) is 0 Å². The van der Waals surface area contributed by atoms with Crippen LogP contribution in [0.2, 0.25) is 0 Å². The summed E-state index contributed by atoms with van der Waals surface area (Å²) >= 11 is 1.88. The van der Waals surface area contributed by atoms with Gasteiger partial charge < -0.3 is 5.32 Å². The van der Waals surface area contributed by atoms with E-state index in [1.165, 1.54) is 42.6 Å². The van der Waals surface area contributed by atoms with Gasteiger partial charge in [-0.1, -0.05) is 38.0 Å². The van der Waals surface area contributed by atoms with Crippen LogP contribution < -0.4 is 5.32 Å². The van der Waals surface area contributed by atoms with Crippen molar-refractivity contribution in [1.29, 1.82) is 0 Å². The molecule has 1 fully saturated rings. The third-order valence-corrected chi connectivity index (χ3v) is 4.77. The first-order valence-electron chi connectivity index (χ1n) is 7.23. The van der Waals surface area contributed by atoms with Gasteiger partial charge in [0.2, 0.25) is 0 Å². The Morgan fingerprint density at radius 2 is 2.00 bits per heavy atom. The summed E-state index contributed by atoms with van der Waals surface area (Å²) < 4.78 is 0. The molecule has 0 bridgehead atoms. The van der Waals surface area contributed by atoms with Gasteiger partial charge >= 0.3 is 0 Å².